The average Bonchev–Trinajstić information content (AvgIpc) is 2.81. The number of nitrogens with one attached hydrogen (secondary N) is 2. The summed E-state index contributed by atoms with van der Waals surface area (Å²) in [4.78, 5) is 34.4. The molecular weight excluding hydrogens is 440 g/mol. The van der Waals surface area contributed by atoms with Gasteiger partial charge in [0.25, 0.3) is 11.8 Å². The summed E-state index contributed by atoms with van der Waals surface area (Å²) in [7, 11) is -3.24. The van der Waals surface area contributed by atoms with Crippen LogP contribution in [-0.2, 0) is 15.6 Å². The number of fused-ring (bicyclic) bond motifs is 1. The molecule has 0 fully saturated rings. The van der Waals surface area contributed by atoms with E-state index in [1.807, 2.05) is 12.1 Å². The monoisotopic (exact) mass is 460 g/mol. The molecule has 0 radical (unpaired) electrons. The van der Waals surface area contributed by atoms with Crippen molar-refractivity contribution in [3.63, 3.8) is 0 Å². The smallest absolute Gasteiger partial charge is 0.267 e. The van der Waals surface area contributed by atoms with Crippen LogP contribution in [-0.4, -0.2) is 36.5 Å². The van der Waals surface area contributed by atoms with Crippen molar-refractivity contribution in [2.45, 2.75) is 5.75 Å². The molecule has 4 rings (SSSR count). The number of benzene rings is 2. The highest BCUT2D eigenvalue weighted by molar-refractivity contribution is 7.89. The van der Waals surface area contributed by atoms with Crippen molar-refractivity contribution in [2.24, 2.45) is 0 Å². The molecule has 0 aliphatic heterocycles. The summed E-state index contributed by atoms with van der Waals surface area (Å²) in [6.45, 7) is 0. The van der Waals surface area contributed by atoms with Gasteiger partial charge < -0.3 is 0 Å². The molecule has 4 aromatic rings. The molecule has 2 heterocycles. The van der Waals surface area contributed by atoms with Gasteiger partial charge in [0.15, 0.2) is 9.84 Å². The van der Waals surface area contributed by atoms with E-state index < -0.39 is 21.7 Å². The standard InChI is InChI=1S/C24H20N4O4S/c1-33(31,32)15-16-7-6-8-17(13-16)23(29)27-28-24(30)19-14-22(21-11-4-5-12-25-21)26-20-10-3-2-9-18(19)20/h2-14H,15H2,1H3,(H,27,29)(H,28,30). The topological polar surface area (TPSA) is 118 Å². The molecule has 33 heavy (non-hydrogen) atoms. The van der Waals surface area contributed by atoms with Gasteiger partial charge in [0.2, 0.25) is 0 Å². The molecule has 2 N–H and O–H groups in total. The van der Waals surface area contributed by atoms with E-state index in [0.717, 1.165) is 6.26 Å². The number of sulfone groups is 1. The zero-order valence-corrected chi connectivity index (χ0v) is 18.5. The van der Waals surface area contributed by atoms with Crippen LogP contribution in [0.4, 0.5) is 0 Å². The van der Waals surface area contributed by atoms with E-state index in [9.17, 15) is 18.0 Å². The second-order valence-electron chi connectivity index (χ2n) is 7.47. The normalized spacial score (nSPS) is 11.2. The lowest BCUT2D eigenvalue weighted by Gasteiger charge is -2.11. The Balaban J connectivity index is 1.57. The predicted octanol–water partition coefficient (Wildman–Crippen LogP) is 2.92. The summed E-state index contributed by atoms with van der Waals surface area (Å²) < 4.78 is 23.0. The largest absolute Gasteiger partial charge is 0.270 e. The molecule has 2 aromatic heterocycles. The van der Waals surface area contributed by atoms with Crippen molar-refractivity contribution in [1.82, 2.24) is 20.8 Å². The van der Waals surface area contributed by atoms with Gasteiger partial charge >= 0.3 is 0 Å². The van der Waals surface area contributed by atoms with Crippen LogP contribution in [0.3, 0.4) is 0 Å². The number of pyridine rings is 2. The maximum Gasteiger partial charge on any atom is 0.270 e. The molecule has 0 aliphatic rings. The van der Waals surface area contributed by atoms with Crippen LogP contribution in [0.2, 0.25) is 0 Å². The Labute approximate surface area is 190 Å². The summed E-state index contributed by atoms with van der Waals surface area (Å²) in [6, 6.07) is 20.5. The molecule has 0 aliphatic carbocycles. The number of carbonyl (C=O) groups excluding carboxylic acids is 2. The van der Waals surface area contributed by atoms with E-state index >= 15 is 0 Å². The van der Waals surface area contributed by atoms with Crippen LogP contribution in [0.25, 0.3) is 22.3 Å². The molecule has 8 nitrogen and oxygen atoms in total. The quantitative estimate of drug-likeness (QED) is 0.442. The Kier molecular flexibility index (Phi) is 6.14. The third-order valence-electron chi connectivity index (χ3n) is 4.80. The van der Waals surface area contributed by atoms with E-state index in [0.29, 0.717) is 33.4 Å². The fourth-order valence-corrected chi connectivity index (χ4v) is 4.15. The first-order valence-corrected chi connectivity index (χ1v) is 12.0. The molecule has 0 unspecified atom stereocenters. The van der Waals surface area contributed by atoms with Gasteiger partial charge in [-0.05, 0) is 42.0 Å². The fraction of sp³-hybridized carbons (Fsp3) is 0.0833. The Morgan fingerprint density at radius 3 is 2.36 bits per heavy atom. The molecular formula is C24H20N4O4S. The van der Waals surface area contributed by atoms with Gasteiger partial charge in [-0.25, -0.2) is 13.4 Å². The lowest BCUT2D eigenvalue weighted by atomic mass is 10.1. The summed E-state index contributed by atoms with van der Waals surface area (Å²) in [5.74, 6) is -1.27. The van der Waals surface area contributed by atoms with Crippen molar-refractivity contribution in [2.75, 3.05) is 6.26 Å². The molecule has 0 spiro atoms. The Morgan fingerprint density at radius 2 is 1.61 bits per heavy atom. The van der Waals surface area contributed by atoms with Gasteiger partial charge in [-0.3, -0.25) is 25.4 Å². The van der Waals surface area contributed by atoms with Crippen LogP contribution < -0.4 is 10.9 Å². The number of hydrogen-bond donors (Lipinski definition) is 2. The molecule has 2 amide bonds. The molecule has 0 atom stereocenters. The van der Waals surface area contributed by atoms with E-state index in [1.165, 1.54) is 12.1 Å². The minimum Gasteiger partial charge on any atom is -0.267 e. The van der Waals surface area contributed by atoms with Crippen molar-refractivity contribution >= 4 is 32.6 Å². The summed E-state index contributed by atoms with van der Waals surface area (Å²) in [6.07, 6.45) is 2.77. The first-order valence-electron chi connectivity index (χ1n) is 9.99. The molecule has 9 heteroatoms. The summed E-state index contributed by atoms with van der Waals surface area (Å²) >= 11 is 0. The number of aromatic nitrogens is 2. The highest BCUT2D eigenvalue weighted by atomic mass is 32.2. The first kappa shape index (κ1) is 22.1. The number of nitrogens with zero attached hydrogens (tertiary/aromatic N) is 2. The first-order chi connectivity index (χ1) is 15.8. The van der Waals surface area contributed by atoms with Crippen LogP contribution in [0.1, 0.15) is 26.3 Å². The van der Waals surface area contributed by atoms with Crippen molar-refractivity contribution < 1.29 is 18.0 Å². The van der Waals surface area contributed by atoms with Gasteiger partial charge in [-0.15, -0.1) is 0 Å². The number of carbonyl (C=O) groups is 2. The maximum atomic E-state index is 13.0. The van der Waals surface area contributed by atoms with Crippen LogP contribution >= 0.6 is 0 Å². The van der Waals surface area contributed by atoms with Gasteiger partial charge in [-0.2, -0.15) is 0 Å². The third-order valence-corrected chi connectivity index (χ3v) is 5.65. The highest BCUT2D eigenvalue weighted by Gasteiger charge is 2.16. The lowest BCUT2D eigenvalue weighted by molar-refractivity contribution is 0.0847. The van der Waals surface area contributed by atoms with Crippen LogP contribution in [0.15, 0.2) is 79.0 Å². The molecule has 0 bridgehead atoms. The highest BCUT2D eigenvalue weighted by Crippen LogP contribution is 2.23. The SMILES string of the molecule is CS(=O)(=O)Cc1cccc(C(=O)NNC(=O)c2cc(-c3ccccn3)nc3ccccc23)c1. The zero-order valence-electron chi connectivity index (χ0n) is 17.6. The second-order valence-corrected chi connectivity index (χ2v) is 9.61. The van der Waals surface area contributed by atoms with Gasteiger partial charge in [0, 0.05) is 23.4 Å². The fourth-order valence-electron chi connectivity index (χ4n) is 3.37. The average molecular weight is 461 g/mol. The van der Waals surface area contributed by atoms with Crippen LogP contribution in [0.5, 0.6) is 0 Å². The van der Waals surface area contributed by atoms with Gasteiger partial charge in [-0.1, -0.05) is 36.4 Å². The van der Waals surface area contributed by atoms with Gasteiger partial charge in [0.05, 0.1) is 28.2 Å². The number of para-hydroxylation sites is 1. The molecule has 0 saturated heterocycles. The van der Waals surface area contributed by atoms with Crippen molar-refractivity contribution in [1.29, 1.82) is 0 Å². The van der Waals surface area contributed by atoms with E-state index in [2.05, 4.69) is 20.8 Å². The van der Waals surface area contributed by atoms with Crippen LogP contribution in [0, 0.1) is 0 Å². The Hall–Kier alpha value is -4.11. The zero-order chi connectivity index (χ0) is 23.4. The number of hydrogen-bond acceptors (Lipinski definition) is 6. The maximum absolute atomic E-state index is 13.0. The molecule has 0 saturated carbocycles. The Bertz CT molecular complexity index is 1450. The van der Waals surface area contributed by atoms with Gasteiger partial charge in [0.1, 0.15) is 0 Å². The molecule has 2 aromatic carbocycles. The number of amides is 2. The second kappa shape index (κ2) is 9.17. The van der Waals surface area contributed by atoms with E-state index in [4.69, 9.17) is 0 Å². The number of rotatable bonds is 5. The molecule has 166 valence electrons. The lowest BCUT2D eigenvalue weighted by Crippen LogP contribution is -2.41. The number of hydrazine groups is 1. The summed E-state index contributed by atoms with van der Waals surface area (Å²) in [5.41, 5.74) is 7.61. The van der Waals surface area contributed by atoms with E-state index in [-0.39, 0.29) is 11.3 Å². The van der Waals surface area contributed by atoms with Crippen molar-refractivity contribution in [3.8, 4) is 11.4 Å². The Morgan fingerprint density at radius 1 is 0.848 bits per heavy atom. The minimum atomic E-state index is -3.24. The predicted molar refractivity (Wildman–Crippen MR) is 125 cm³/mol. The van der Waals surface area contributed by atoms with Crippen molar-refractivity contribution in [3.05, 3.63) is 95.7 Å². The van der Waals surface area contributed by atoms with E-state index in [1.54, 1.807) is 54.7 Å². The minimum absolute atomic E-state index is 0.181. The third kappa shape index (κ3) is 5.39. The summed E-state index contributed by atoms with van der Waals surface area (Å²) in [5, 5.41) is 0.624.